The Labute approximate surface area is 77.5 Å². The zero-order valence-electron chi connectivity index (χ0n) is 6.40. The van der Waals surface area contributed by atoms with Gasteiger partial charge in [0, 0.05) is 12.1 Å². The molecule has 0 fully saturated rings. The van der Waals surface area contributed by atoms with Gasteiger partial charge in [-0.2, -0.15) is 4.39 Å². The molecule has 2 N–H and O–H groups in total. The highest BCUT2D eigenvalue weighted by Gasteiger charge is 2.16. The lowest BCUT2D eigenvalue weighted by atomic mass is 10.2. The lowest BCUT2D eigenvalue weighted by Gasteiger charge is -2.05. The molecule has 2 nitrogen and oxygen atoms in total. The summed E-state index contributed by atoms with van der Waals surface area (Å²) in [6.45, 7) is -0.185. The molecule has 0 saturated carbocycles. The Balaban J connectivity index is 3.22. The van der Waals surface area contributed by atoms with Gasteiger partial charge in [-0.15, -0.1) is 0 Å². The van der Waals surface area contributed by atoms with Gasteiger partial charge in [0.15, 0.2) is 0 Å². The molecule has 0 atom stereocenters. The Morgan fingerprint density at radius 3 is 2.62 bits per heavy atom. The van der Waals surface area contributed by atoms with E-state index in [4.69, 9.17) is 17.3 Å². The number of hydrogen-bond donors (Lipinski definition) is 1. The molecule has 1 rings (SSSR count). The van der Waals surface area contributed by atoms with Crippen LogP contribution in [0, 0.1) is 5.95 Å². The van der Waals surface area contributed by atoms with E-state index in [9.17, 15) is 13.2 Å². The van der Waals surface area contributed by atoms with Gasteiger partial charge in [-0.3, -0.25) is 0 Å². The fraction of sp³-hybridized carbons (Fsp3) is 0.286. The van der Waals surface area contributed by atoms with Crippen LogP contribution in [0.2, 0.25) is 5.15 Å². The molecule has 72 valence electrons. The summed E-state index contributed by atoms with van der Waals surface area (Å²) >= 11 is 5.28. The number of pyridine rings is 1. The lowest BCUT2D eigenvalue weighted by molar-refractivity contribution is 0.150. The molecule has 0 unspecified atom stereocenters. The summed E-state index contributed by atoms with van der Waals surface area (Å²) in [7, 11) is 0. The first-order valence-corrected chi connectivity index (χ1v) is 3.77. The summed E-state index contributed by atoms with van der Waals surface area (Å²) in [5.41, 5.74) is 4.54. The van der Waals surface area contributed by atoms with Gasteiger partial charge in [0.1, 0.15) is 5.15 Å². The minimum atomic E-state index is -2.77. The number of alkyl halides is 2. The van der Waals surface area contributed by atoms with E-state index in [0.717, 1.165) is 6.07 Å². The van der Waals surface area contributed by atoms with Crippen molar-refractivity contribution in [3.8, 4) is 0 Å². The third-order valence-corrected chi connectivity index (χ3v) is 1.79. The van der Waals surface area contributed by atoms with Crippen LogP contribution in [-0.2, 0) is 6.54 Å². The molecule has 6 heteroatoms. The number of halogens is 4. The van der Waals surface area contributed by atoms with Crippen molar-refractivity contribution in [2.24, 2.45) is 5.73 Å². The molecule has 1 aromatic heterocycles. The van der Waals surface area contributed by atoms with Crippen LogP contribution in [0.4, 0.5) is 13.2 Å². The average molecular weight is 211 g/mol. The second kappa shape index (κ2) is 3.93. The summed E-state index contributed by atoms with van der Waals surface area (Å²) in [5, 5.41) is -0.523. The van der Waals surface area contributed by atoms with Crippen molar-refractivity contribution in [1.82, 2.24) is 4.98 Å². The van der Waals surface area contributed by atoms with Crippen LogP contribution in [0.25, 0.3) is 0 Å². The fourth-order valence-electron chi connectivity index (χ4n) is 0.826. The van der Waals surface area contributed by atoms with E-state index >= 15 is 0 Å². The highest BCUT2D eigenvalue weighted by atomic mass is 35.5. The van der Waals surface area contributed by atoms with Crippen molar-refractivity contribution >= 4 is 11.6 Å². The highest BCUT2D eigenvalue weighted by molar-refractivity contribution is 6.30. The van der Waals surface area contributed by atoms with Gasteiger partial charge < -0.3 is 5.73 Å². The molecule has 0 bridgehead atoms. The SMILES string of the molecule is NCc1cc(C(F)F)c(Cl)nc1F. The predicted molar refractivity (Wildman–Crippen MR) is 42.1 cm³/mol. The molecule has 0 aliphatic carbocycles. The van der Waals surface area contributed by atoms with Crippen molar-refractivity contribution < 1.29 is 13.2 Å². The van der Waals surface area contributed by atoms with E-state index in [1.807, 2.05) is 0 Å². The van der Waals surface area contributed by atoms with E-state index in [0.29, 0.717) is 0 Å². The summed E-state index contributed by atoms with van der Waals surface area (Å²) in [6, 6.07) is 0.926. The maximum atomic E-state index is 12.8. The molecule has 0 aromatic carbocycles. The minimum absolute atomic E-state index is 0.0697. The van der Waals surface area contributed by atoms with Gasteiger partial charge >= 0.3 is 0 Å². The number of rotatable bonds is 2. The number of nitrogens with two attached hydrogens (primary N) is 1. The molecular weight excluding hydrogens is 205 g/mol. The monoisotopic (exact) mass is 210 g/mol. The number of hydrogen-bond acceptors (Lipinski definition) is 2. The first-order chi connectivity index (χ1) is 6.06. The van der Waals surface area contributed by atoms with Crippen molar-refractivity contribution in [3.05, 3.63) is 28.3 Å². The van der Waals surface area contributed by atoms with E-state index in [1.165, 1.54) is 0 Å². The molecule has 1 aromatic rings. The van der Waals surface area contributed by atoms with E-state index in [-0.39, 0.29) is 12.1 Å². The lowest BCUT2D eigenvalue weighted by Crippen LogP contribution is -2.04. The Bertz CT molecular complexity index is 317. The zero-order chi connectivity index (χ0) is 10.0. The average Bonchev–Trinajstić information content (AvgIpc) is 2.03. The van der Waals surface area contributed by atoms with Crippen LogP contribution in [0.1, 0.15) is 17.6 Å². The molecular formula is C7H6ClF3N2. The Morgan fingerprint density at radius 1 is 1.54 bits per heavy atom. The summed E-state index contributed by atoms with van der Waals surface area (Å²) in [6.07, 6.45) is -2.77. The molecule has 0 aliphatic rings. The smallest absolute Gasteiger partial charge is 0.266 e. The summed E-state index contributed by atoms with van der Waals surface area (Å²) < 4.78 is 37.2. The maximum Gasteiger partial charge on any atom is 0.266 e. The van der Waals surface area contributed by atoms with Gasteiger partial charge in [-0.1, -0.05) is 11.6 Å². The summed E-state index contributed by atoms with van der Waals surface area (Å²) in [5.74, 6) is -0.906. The van der Waals surface area contributed by atoms with E-state index < -0.39 is 23.1 Å². The van der Waals surface area contributed by atoms with E-state index in [1.54, 1.807) is 0 Å². The third kappa shape index (κ3) is 2.10. The van der Waals surface area contributed by atoms with Crippen LogP contribution < -0.4 is 5.73 Å². The van der Waals surface area contributed by atoms with Gasteiger partial charge in [0.2, 0.25) is 5.95 Å². The van der Waals surface area contributed by atoms with Crippen LogP contribution in [0.5, 0.6) is 0 Å². The van der Waals surface area contributed by atoms with Gasteiger partial charge in [0.05, 0.1) is 5.56 Å². The van der Waals surface area contributed by atoms with Gasteiger partial charge in [-0.25, -0.2) is 13.8 Å². The first kappa shape index (κ1) is 10.3. The zero-order valence-corrected chi connectivity index (χ0v) is 7.15. The van der Waals surface area contributed by atoms with Crippen molar-refractivity contribution in [3.63, 3.8) is 0 Å². The van der Waals surface area contributed by atoms with Crippen LogP contribution in [0.15, 0.2) is 6.07 Å². The largest absolute Gasteiger partial charge is 0.326 e. The second-order valence-electron chi connectivity index (χ2n) is 2.32. The Kier molecular flexibility index (Phi) is 3.11. The van der Waals surface area contributed by atoms with Gasteiger partial charge in [0.25, 0.3) is 6.43 Å². The second-order valence-corrected chi connectivity index (χ2v) is 2.68. The third-order valence-electron chi connectivity index (χ3n) is 1.48. The molecule has 0 spiro atoms. The minimum Gasteiger partial charge on any atom is -0.326 e. The number of aromatic nitrogens is 1. The van der Waals surface area contributed by atoms with E-state index in [2.05, 4.69) is 4.98 Å². The molecule has 13 heavy (non-hydrogen) atoms. The predicted octanol–water partition coefficient (Wildman–Crippen LogP) is 2.27. The normalized spacial score (nSPS) is 10.9. The standard InChI is InChI=1S/C7H6ClF3N2/c8-5-4(6(9)10)1-3(2-12)7(11)13-5/h1,6H,2,12H2. The molecule has 0 amide bonds. The van der Waals surface area contributed by atoms with Crippen molar-refractivity contribution in [2.45, 2.75) is 13.0 Å². The van der Waals surface area contributed by atoms with Crippen LogP contribution >= 0.6 is 11.6 Å². The van der Waals surface area contributed by atoms with Crippen LogP contribution in [0.3, 0.4) is 0 Å². The Morgan fingerprint density at radius 2 is 2.15 bits per heavy atom. The molecule has 1 heterocycles. The van der Waals surface area contributed by atoms with Crippen LogP contribution in [-0.4, -0.2) is 4.98 Å². The molecule has 0 aliphatic heterocycles. The topological polar surface area (TPSA) is 38.9 Å². The number of nitrogens with zero attached hydrogens (tertiary/aromatic N) is 1. The van der Waals surface area contributed by atoms with Gasteiger partial charge in [-0.05, 0) is 6.07 Å². The fourth-order valence-corrected chi connectivity index (χ4v) is 1.04. The Hall–Kier alpha value is -0.810. The highest BCUT2D eigenvalue weighted by Crippen LogP contribution is 2.26. The molecule has 0 saturated heterocycles. The summed E-state index contributed by atoms with van der Waals surface area (Å²) in [4.78, 5) is 3.10. The quantitative estimate of drug-likeness (QED) is 0.761. The molecule has 0 radical (unpaired) electrons. The van der Waals surface area contributed by atoms with Crippen molar-refractivity contribution in [2.75, 3.05) is 0 Å². The maximum absolute atomic E-state index is 12.8. The van der Waals surface area contributed by atoms with Crippen molar-refractivity contribution in [1.29, 1.82) is 0 Å². The first-order valence-electron chi connectivity index (χ1n) is 3.39.